The number of H-pyrrole nitrogens is 1. The fourth-order valence-electron chi connectivity index (χ4n) is 6.56. The topological polar surface area (TPSA) is 225 Å². The van der Waals surface area contributed by atoms with Gasteiger partial charge in [-0.2, -0.15) is 9.55 Å². The summed E-state index contributed by atoms with van der Waals surface area (Å²) in [6.07, 6.45) is -5.87. The van der Waals surface area contributed by atoms with E-state index in [1.54, 1.807) is 38.5 Å². The standard InChI is InChI=1S/C37H36N6O12/c1-20(44)52-19-28-30(53-21(2)45)31(54-22(3)46)34(55-28)42-32-29(38-36(42)43(48)49)33(47)40-35(39-32)41-37(23-9-7-6-8-10-23,24-11-15-26(50-4)16-12-24)25-13-17-27(51-5)18-14-25/h6-18,28,30-31,34H,19H2,1-5H3,(H2,39,40,41,47)/t28-,30-,31-,34-/m1/s1. The summed E-state index contributed by atoms with van der Waals surface area (Å²) in [5.41, 5.74) is -0.887. The fraction of sp³-hybridized carbons (Fsp3) is 0.297. The number of esters is 3. The van der Waals surface area contributed by atoms with Gasteiger partial charge >= 0.3 is 23.9 Å². The van der Waals surface area contributed by atoms with Crippen molar-refractivity contribution in [2.75, 3.05) is 26.1 Å². The molecular weight excluding hydrogens is 720 g/mol. The Morgan fingerprint density at radius 1 is 0.836 bits per heavy atom. The first-order valence-corrected chi connectivity index (χ1v) is 16.8. The number of nitrogens with one attached hydrogen (secondary N) is 2. The van der Waals surface area contributed by atoms with E-state index in [4.69, 9.17) is 28.4 Å². The molecule has 0 spiro atoms. The Hall–Kier alpha value is -6.82. The molecule has 1 aliphatic heterocycles. The average Bonchev–Trinajstić information content (AvgIpc) is 3.71. The number of nitrogens with zero attached hydrogens (tertiary/aromatic N) is 4. The van der Waals surface area contributed by atoms with Gasteiger partial charge in [0.15, 0.2) is 6.10 Å². The molecule has 1 aliphatic rings. The van der Waals surface area contributed by atoms with Crippen molar-refractivity contribution in [2.45, 2.75) is 50.8 Å². The highest BCUT2D eigenvalue weighted by molar-refractivity contribution is 5.75. The molecule has 1 fully saturated rings. The van der Waals surface area contributed by atoms with Gasteiger partial charge in [0.1, 0.15) is 29.7 Å². The molecule has 6 rings (SSSR count). The van der Waals surface area contributed by atoms with Gasteiger partial charge in [-0.05, 0) is 45.9 Å². The number of hydrogen-bond acceptors (Lipinski definition) is 15. The number of hydrogen-bond donors (Lipinski definition) is 2. The molecule has 0 unspecified atom stereocenters. The van der Waals surface area contributed by atoms with Crippen LogP contribution in [0.3, 0.4) is 0 Å². The van der Waals surface area contributed by atoms with Gasteiger partial charge < -0.3 is 43.9 Å². The smallest absolute Gasteiger partial charge is 0.439 e. The minimum atomic E-state index is -1.65. The summed E-state index contributed by atoms with van der Waals surface area (Å²) in [5, 5.41) is 16.0. The van der Waals surface area contributed by atoms with Crippen LogP contribution in [0, 0.1) is 10.1 Å². The third kappa shape index (κ3) is 7.52. The van der Waals surface area contributed by atoms with Crippen LogP contribution in [-0.2, 0) is 38.9 Å². The Morgan fingerprint density at radius 3 is 1.89 bits per heavy atom. The van der Waals surface area contributed by atoms with Crippen LogP contribution >= 0.6 is 0 Å². The number of imidazole rings is 1. The Labute approximate surface area is 312 Å². The zero-order valence-electron chi connectivity index (χ0n) is 30.2. The molecular formula is C37H36N6O12. The van der Waals surface area contributed by atoms with E-state index in [0.29, 0.717) is 28.2 Å². The maximum absolute atomic E-state index is 13.9. The molecule has 18 nitrogen and oxygen atoms in total. The second kappa shape index (κ2) is 15.7. The van der Waals surface area contributed by atoms with E-state index in [0.717, 1.165) is 25.3 Å². The lowest BCUT2D eigenvalue weighted by Crippen LogP contribution is -2.40. The zero-order valence-corrected chi connectivity index (χ0v) is 30.2. The number of rotatable bonds is 13. The summed E-state index contributed by atoms with van der Waals surface area (Å²) in [5.74, 6) is -2.24. The first kappa shape index (κ1) is 37.9. The number of methoxy groups -OCH3 is 2. The summed E-state index contributed by atoms with van der Waals surface area (Å²) in [6.45, 7) is 2.84. The molecule has 1 saturated heterocycles. The number of aromatic amines is 1. The summed E-state index contributed by atoms with van der Waals surface area (Å²) in [6, 6.07) is 23.7. The number of carbonyl (C=O) groups is 3. The Morgan fingerprint density at radius 2 is 1.38 bits per heavy atom. The van der Waals surface area contributed by atoms with Crippen LogP contribution in [0.2, 0.25) is 0 Å². The SMILES string of the molecule is COc1ccc(C(Nc2nc3c(nc([N+](=O)[O-])n3[C@@H]3O[C@H](COC(C)=O)[C@@H](OC(C)=O)[C@H]3OC(C)=O)c(=O)[nH]2)(c2ccccc2)c2ccc(OC)cc2)cc1. The van der Waals surface area contributed by atoms with Crippen molar-refractivity contribution in [1.82, 2.24) is 19.5 Å². The molecule has 5 aromatic rings. The molecule has 2 N–H and O–H groups in total. The number of carbonyl (C=O) groups excluding carboxylic acids is 3. The van der Waals surface area contributed by atoms with E-state index in [1.807, 2.05) is 54.6 Å². The molecule has 0 amide bonds. The molecule has 0 radical (unpaired) electrons. The minimum absolute atomic E-state index is 0.154. The predicted octanol–water partition coefficient (Wildman–Crippen LogP) is 3.77. The van der Waals surface area contributed by atoms with Gasteiger partial charge in [-0.3, -0.25) is 24.2 Å². The van der Waals surface area contributed by atoms with E-state index in [1.165, 1.54) is 0 Å². The molecule has 0 bridgehead atoms. The Balaban J connectivity index is 1.59. The number of nitro groups is 1. The van der Waals surface area contributed by atoms with E-state index in [2.05, 4.69) is 20.3 Å². The van der Waals surface area contributed by atoms with Gasteiger partial charge in [-0.25, -0.2) is 0 Å². The van der Waals surface area contributed by atoms with Crippen molar-refractivity contribution in [3.63, 3.8) is 0 Å². The number of fused-ring (bicyclic) bond motifs is 1. The lowest BCUT2D eigenvalue weighted by molar-refractivity contribution is -0.398. The molecule has 0 aliphatic carbocycles. The number of ether oxygens (including phenoxy) is 6. The largest absolute Gasteiger partial charge is 0.497 e. The molecule has 286 valence electrons. The number of anilines is 1. The maximum Gasteiger partial charge on any atom is 0.439 e. The van der Waals surface area contributed by atoms with Crippen LogP contribution in [0.4, 0.5) is 11.9 Å². The van der Waals surface area contributed by atoms with Gasteiger partial charge in [0.05, 0.1) is 14.2 Å². The van der Waals surface area contributed by atoms with Crippen LogP contribution in [-0.4, -0.2) is 81.5 Å². The van der Waals surface area contributed by atoms with Gasteiger partial charge in [0.2, 0.25) is 23.9 Å². The first-order valence-electron chi connectivity index (χ1n) is 16.8. The van der Waals surface area contributed by atoms with Gasteiger partial charge in [0.25, 0.3) is 11.1 Å². The fourth-order valence-corrected chi connectivity index (χ4v) is 6.56. The quantitative estimate of drug-likeness (QED) is 0.0573. The molecule has 18 heteroatoms. The summed E-state index contributed by atoms with van der Waals surface area (Å²) >= 11 is 0. The molecule has 0 saturated carbocycles. The second-order valence-electron chi connectivity index (χ2n) is 12.3. The van der Waals surface area contributed by atoms with Crippen molar-refractivity contribution in [3.05, 3.63) is 116 Å². The summed E-state index contributed by atoms with van der Waals surface area (Å²) in [7, 11) is 3.08. The average molecular weight is 757 g/mol. The van der Waals surface area contributed by atoms with Crippen LogP contribution in [0.5, 0.6) is 11.5 Å². The molecule has 55 heavy (non-hydrogen) atoms. The highest BCUT2D eigenvalue weighted by Crippen LogP contribution is 2.42. The van der Waals surface area contributed by atoms with E-state index < -0.39 is 76.5 Å². The molecule has 2 aromatic heterocycles. The number of aromatic nitrogens is 4. The molecule has 3 aromatic carbocycles. The van der Waals surface area contributed by atoms with Gasteiger partial charge in [-0.1, -0.05) is 59.6 Å². The van der Waals surface area contributed by atoms with E-state index in [9.17, 15) is 29.3 Å². The lowest BCUT2D eigenvalue weighted by Gasteiger charge is -2.37. The van der Waals surface area contributed by atoms with Crippen LogP contribution in [0.1, 0.15) is 43.7 Å². The van der Waals surface area contributed by atoms with Crippen LogP contribution < -0.4 is 20.3 Å². The zero-order chi connectivity index (χ0) is 39.4. The van der Waals surface area contributed by atoms with Gasteiger partial charge in [-0.15, -0.1) is 0 Å². The van der Waals surface area contributed by atoms with Crippen LogP contribution in [0.15, 0.2) is 83.7 Å². The van der Waals surface area contributed by atoms with Crippen molar-refractivity contribution < 1.29 is 47.7 Å². The Kier molecular flexibility index (Phi) is 10.8. The highest BCUT2D eigenvalue weighted by Gasteiger charge is 2.54. The lowest BCUT2D eigenvalue weighted by atomic mass is 9.77. The predicted molar refractivity (Wildman–Crippen MR) is 192 cm³/mol. The number of benzene rings is 3. The maximum atomic E-state index is 13.9. The van der Waals surface area contributed by atoms with E-state index >= 15 is 0 Å². The van der Waals surface area contributed by atoms with Crippen LogP contribution in [0.25, 0.3) is 11.2 Å². The minimum Gasteiger partial charge on any atom is -0.497 e. The molecule has 3 heterocycles. The highest BCUT2D eigenvalue weighted by atomic mass is 16.7. The summed E-state index contributed by atoms with van der Waals surface area (Å²) in [4.78, 5) is 73.2. The van der Waals surface area contributed by atoms with Crippen molar-refractivity contribution in [2.24, 2.45) is 0 Å². The van der Waals surface area contributed by atoms with E-state index in [-0.39, 0.29) is 11.6 Å². The second-order valence-corrected chi connectivity index (χ2v) is 12.3. The monoisotopic (exact) mass is 756 g/mol. The van der Waals surface area contributed by atoms with Crippen molar-refractivity contribution >= 4 is 41.0 Å². The molecule has 4 atom stereocenters. The van der Waals surface area contributed by atoms with Crippen molar-refractivity contribution in [1.29, 1.82) is 0 Å². The van der Waals surface area contributed by atoms with Gasteiger partial charge in [0, 0.05) is 20.8 Å². The van der Waals surface area contributed by atoms with Crippen molar-refractivity contribution in [3.8, 4) is 11.5 Å². The normalized spacial score (nSPS) is 18.0. The first-order chi connectivity index (χ1) is 26.4. The third-order valence-electron chi connectivity index (χ3n) is 8.85. The summed E-state index contributed by atoms with van der Waals surface area (Å²) < 4.78 is 33.9. The Bertz CT molecular complexity index is 2230. The third-order valence-corrected chi connectivity index (χ3v) is 8.85.